The van der Waals surface area contributed by atoms with Gasteiger partial charge in [-0.2, -0.15) is 0 Å². The molecule has 0 spiro atoms. The zero-order valence-electron chi connectivity index (χ0n) is 20.0. The molecule has 7 nitrogen and oxygen atoms in total. The molecule has 2 aliphatic rings. The number of aromatic nitrogens is 1. The number of halogens is 2. The molecule has 196 valence electrons. The molecule has 11 heteroatoms. The Kier molecular flexibility index (Phi) is 6.84. The van der Waals surface area contributed by atoms with Crippen molar-refractivity contribution < 1.29 is 14.4 Å². The Balaban J connectivity index is 1.45. The van der Waals surface area contributed by atoms with E-state index in [1.807, 2.05) is 12.1 Å². The quantitative estimate of drug-likeness (QED) is 0.301. The lowest BCUT2D eigenvalue weighted by molar-refractivity contribution is -0.122. The highest BCUT2D eigenvalue weighted by Gasteiger charge is 2.57. The summed E-state index contributed by atoms with van der Waals surface area (Å²) in [6, 6.07) is 22.8. The van der Waals surface area contributed by atoms with Gasteiger partial charge in [-0.05, 0) is 35.9 Å². The van der Waals surface area contributed by atoms with E-state index in [-0.39, 0.29) is 34.2 Å². The lowest BCUT2D eigenvalue weighted by Crippen LogP contribution is -2.33. The standard InChI is InChI=1S/C28H19Cl2N3O4S2/c29-18-13-7-12-17(22(18)30)20-21-23(26(36)33(25(21)35)16-10-5-2-6-11-16)38-27-24(20)39-28(37)32(27)14-19(34)31-15-8-3-1-4-9-15/h1-13,20-21,23H,14H2,(H,31,34)/t20-,21-,23+/m0/s1. The average Bonchev–Trinajstić information content (AvgIpc) is 3.37. The number of benzene rings is 3. The third-order valence-corrected chi connectivity index (χ3v) is 10.2. The van der Waals surface area contributed by atoms with Crippen LogP contribution in [0.5, 0.6) is 0 Å². The highest BCUT2D eigenvalue weighted by molar-refractivity contribution is 8.00. The third-order valence-electron chi connectivity index (χ3n) is 6.74. The minimum atomic E-state index is -0.817. The summed E-state index contributed by atoms with van der Waals surface area (Å²) in [6.45, 7) is -0.246. The number of rotatable bonds is 5. The Bertz CT molecular complexity index is 1670. The minimum absolute atomic E-state index is 0.246. The van der Waals surface area contributed by atoms with Gasteiger partial charge >= 0.3 is 4.87 Å². The molecular weight excluding hydrogens is 577 g/mol. The van der Waals surface area contributed by atoms with Crippen LogP contribution in [0.1, 0.15) is 16.4 Å². The molecule has 3 aromatic carbocycles. The summed E-state index contributed by atoms with van der Waals surface area (Å²) in [5, 5.41) is 3.01. The molecule has 1 aromatic heterocycles. The monoisotopic (exact) mass is 595 g/mol. The maximum absolute atomic E-state index is 13.9. The Morgan fingerprint density at radius 1 is 0.872 bits per heavy atom. The van der Waals surface area contributed by atoms with E-state index in [2.05, 4.69) is 5.32 Å². The van der Waals surface area contributed by atoms with E-state index < -0.39 is 17.1 Å². The first kappa shape index (κ1) is 25.9. The van der Waals surface area contributed by atoms with Gasteiger partial charge in [-0.3, -0.25) is 23.7 Å². The summed E-state index contributed by atoms with van der Waals surface area (Å²) in [5.74, 6) is -2.64. The van der Waals surface area contributed by atoms with Crippen LogP contribution in [-0.2, 0) is 20.9 Å². The van der Waals surface area contributed by atoms with Gasteiger partial charge in [-0.25, -0.2) is 4.90 Å². The van der Waals surface area contributed by atoms with Gasteiger partial charge in [0.15, 0.2) is 0 Å². The van der Waals surface area contributed by atoms with Gasteiger partial charge in [0.05, 0.1) is 26.7 Å². The molecule has 0 bridgehead atoms. The largest absolute Gasteiger partial charge is 0.325 e. The van der Waals surface area contributed by atoms with Crippen molar-refractivity contribution in [2.75, 3.05) is 10.2 Å². The molecule has 3 atom stereocenters. The summed E-state index contributed by atoms with van der Waals surface area (Å²) < 4.78 is 1.37. The Morgan fingerprint density at radius 3 is 2.28 bits per heavy atom. The molecule has 2 aliphatic heterocycles. The fraction of sp³-hybridized carbons (Fsp3) is 0.143. The Labute approximate surface area is 241 Å². The van der Waals surface area contributed by atoms with Gasteiger partial charge in [0.2, 0.25) is 17.7 Å². The molecule has 3 heterocycles. The molecular formula is C28H19Cl2N3O4S2. The first-order chi connectivity index (χ1) is 18.8. The molecule has 1 fully saturated rings. The molecule has 0 unspecified atom stereocenters. The third kappa shape index (κ3) is 4.49. The minimum Gasteiger partial charge on any atom is -0.325 e. The number of para-hydroxylation sites is 2. The van der Waals surface area contributed by atoms with Crippen LogP contribution in [0.15, 0.2) is 88.7 Å². The Hall–Kier alpha value is -3.37. The number of carbonyl (C=O) groups is 3. The molecule has 6 rings (SSSR count). The van der Waals surface area contributed by atoms with Gasteiger partial charge in [-0.1, -0.05) is 94.8 Å². The van der Waals surface area contributed by atoms with Crippen molar-refractivity contribution in [2.24, 2.45) is 5.92 Å². The normalized spacial score (nSPS) is 20.1. The predicted molar refractivity (Wildman–Crippen MR) is 154 cm³/mol. The average molecular weight is 597 g/mol. The van der Waals surface area contributed by atoms with Crippen molar-refractivity contribution in [3.63, 3.8) is 0 Å². The van der Waals surface area contributed by atoms with Crippen molar-refractivity contribution in [1.29, 1.82) is 0 Å². The fourth-order valence-electron chi connectivity index (χ4n) is 5.05. The first-order valence-electron chi connectivity index (χ1n) is 12.0. The van der Waals surface area contributed by atoms with Crippen molar-refractivity contribution >= 4 is 75.4 Å². The molecule has 0 saturated carbocycles. The van der Waals surface area contributed by atoms with Crippen molar-refractivity contribution in [2.45, 2.75) is 22.7 Å². The number of nitrogens with zero attached hydrogens (tertiary/aromatic N) is 2. The molecule has 39 heavy (non-hydrogen) atoms. The number of hydrogen-bond acceptors (Lipinski definition) is 6. The van der Waals surface area contributed by atoms with Crippen molar-refractivity contribution in [1.82, 2.24) is 4.57 Å². The van der Waals surface area contributed by atoms with E-state index in [1.54, 1.807) is 66.7 Å². The number of amides is 3. The maximum atomic E-state index is 13.9. The van der Waals surface area contributed by atoms with Crippen molar-refractivity contribution in [3.8, 4) is 0 Å². The van der Waals surface area contributed by atoms with Crippen LogP contribution >= 0.6 is 46.3 Å². The second-order valence-electron chi connectivity index (χ2n) is 9.07. The Morgan fingerprint density at radius 2 is 1.56 bits per heavy atom. The van der Waals surface area contributed by atoms with Gasteiger partial charge in [0.1, 0.15) is 11.8 Å². The maximum Gasteiger partial charge on any atom is 0.308 e. The van der Waals surface area contributed by atoms with Crippen LogP contribution in [0.2, 0.25) is 10.0 Å². The number of carbonyl (C=O) groups excluding carboxylic acids is 3. The summed E-state index contributed by atoms with van der Waals surface area (Å²) in [4.78, 5) is 55.2. The molecule has 1 N–H and O–H groups in total. The first-order valence-corrected chi connectivity index (χ1v) is 14.4. The molecule has 1 saturated heterocycles. The van der Waals surface area contributed by atoms with E-state index >= 15 is 0 Å². The number of anilines is 2. The van der Waals surface area contributed by atoms with Crippen LogP contribution in [0.4, 0.5) is 11.4 Å². The number of imide groups is 1. The summed E-state index contributed by atoms with van der Waals surface area (Å²) in [6.07, 6.45) is 0. The zero-order chi connectivity index (χ0) is 27.3. The summed E-state index contributed by atoms with van der Waals surface area (Å²) in [5.41, 5.74) is 1.63. The zero-order valence-corrected chi connectivity index (χ0v) is 23.2. The number of hydrogen-bond donors (Lipinski definition) is 1. The van der Waals surface area contributed by atoms with E-state index in [4.69, 9.17) is 23.2 Å². The van der Waals surface area contributed by atoms with Crippen LogP contribution in [-0.4, -0.2) is 27.5 Å². The second kappa shape index (κ2) is 10.3. The second-order valence-corrected chi connectivity index (χ2v) is 12.0. The number of nitrogens with one attached hydrogen (secondary N) is 1. The molecule has 4 aromatic rings. The summed E-state index contributed by atoms with van der Waals surface area (Å²) in [7, 11) is 0. The van der Waals surface area contributed by atoms with Gasteiger partial charge < -0.3 is 5.32 Å². The highest BCUT2D eigenvalue weighted by Crippen LogP contribution is 2.55. The topological polar surface area (TPSA) is 88.5 Å². The predicted octanol–water partition coefficient (Wildman–Crippen LogP) is 5.65. The SMILES string of the molecule is O=C(Cn1c2c(sc1=O)[C@@H](c1cccc(Cl)c1Cl)[C@@H]1C(=O)N(c3ccccc3)C(=O)[C@@H]1S2)Nc1ccccc1. The van der Waals surface area contributed by atoms with Gasteiger partial charge in [0, 0.05) is 16.5 Å². The molecule has 0 radical (unpaired) electrons. The lowest BCUT2D eigenvalue weighted by Gasteiger charge is -2.31. The van der Waals surface area contributed by atoms with E-state index in [1.165, 1.54) is 9.47 Å². The number of thioether (sulfide) groups is 1. The van der Waals surface area contributed by atoms with Crippen LogP contribution in [0.3, 0.4) is 0 Å². The van der Waals surface area contributed by atoms with E-state index in [0.29, 0.717) is 31.9 Å². The van der Waals surface area contributed by atoms with E-state index in [0.717, 1.165) is 23.1 Å². The highest BCUT2D eigenvalue weighted by atomic mass is 35.5. The van der Waals surface area contributed by atoms with Crippen LogP contribution in [0, 0.1) is 5.92 Å². The summed E-state index contributed by atoms with van der Waals surface area (Å²) >= 11 is 15.1. The van der Waals surface area contributed by atoms with Crippen LogP contribution < -0.4 is 15.1 Å². The molecule has 3 amide bonds. The van der Waals surface area contributed by atoms with E-state index in [9.17, 15) is 19.2 Å². The van der Waals surface area contributed by atoms with Crippen molar-refractivity contribution in [3.05, 3.63) is 109 Å². The lowest BCUT2D eigenvalue weighted by atomic mass is 9.83. The molecule has 0 aliphatic carbocycles. The number of fused-ring (bicyclic) bond motifs is 2. The van der Waals surface area contributed by atoms with Gasteiger partial charge in [0.25, 0.3) is 0 Å². The number of thiazole rings is 1. The smallest absolute Gasteiger partial charge is 0.308 e. The fourth-order valence-corrected chi connectivity index (χ4v) is 8.24. The van der Waals surface area contributed by atoms with Gasteiger partial charge in [-0.15, -0.1) is 0 Å². The van der Waals surface area contributed by atoms with Crippen LogP contribution in [0.25, 0.3) is 0 Å².